The summed E-state index contributed by atoms with van der Waals surface area (Å²) in [5, 5.41) is 14.4. The minimum absolute atomic E-state index is 0.0462. The highest BCUT2D eigenvalue weighted by atomic mass is 32.2. The molecular formula is C33H40F2N6OS. The Morgan fingerprint density at radius 2 is 1.77 bits per heavy atom. The van der Waals surface area contributed by atoms with E-state index in [1.165, 1.54) is 12.4 Å². The lowest BCUT2D eigenvalue weighted by atomic mass is 9.77. The van der Waals surface area contributed by atoms with Crippen LogP contribution in [0.15, 0.2) is 41.5 Å². The van der Waals surface area contributed by atoms with Crippen LogP contribution in [0.1, 0.15) is 74.5 Å². The minimum atomic E-state index is -2.89. The van der Waals surface area contributed by atoms with E-state index >= 15 is 8.78 Å². The van der Waals surface area contributed by atoms with Gasteiger partial charge in [-0.05, 0) is 99.7 Å². The number of aromatic nitrogens is 3. The van der Waals surface area contributed by atoms with E-state index in [4.69, 9.17) is 0 Å². The maximum absolute atomic E-state index is 15.4. The number of pyridine rings is 1. The number of benzene rings is 1. The van der Waals surface area contributed by atoms with Crippen molar-refractivity contribution in [3.05, 3.63) is 63.7 Å². The molecule has 43 heavy (non-hydrogen) atoms. The van der Waals surface area contributed by atoms with Crippen molar-refractivity contribution in [1.29, 1.82) is 5.26 Å². The van der Waals surface area contributed by atoms with E-state index in [0.717, 1.165) is 68.8 Å². The third kappa shape index (κ3) is 6.44. The average molecular weight is 607 g/mol. The number of thioether (sulfide) groups is 1. The highest BCUT2D eigenvalue weighted by molar-refractivity contribution is 7.99. The summed E-state index contributed by atoms with van der Waals surface area (Å²) < 4.78 is 32.5. The van der Waals surface area contributed by atoms with Crippen LogP contribution in [0.3, 0.4) is 0 Å². The molecule has 7 rings (SSSR count). The van der Waals surface area contributed by atoms with Gasteiger partial charge in [-0.25, -0.2) is 18.7 Å². The second-order valence-corrected chi connectivity index (χ2v) is 13.6. The van der Waals surface area contributed by atoms with Crippen LogP contribution in [-0.2, 0) is 24.4 Å². The second-order valence-electron chi connectivity index (χ2n) is 12.4. The Kier molecular flexibility index (Phi) is 9.01. The molecule has 228 valence electrons. The predicted octanol–water partition coefficient (Wildman–Crippen LogP) is 6.46. The number of hydrogen-bond acceptors (Lipinski definition) is 7. The monoisotopic (exact) mass is 606 g/mol. The summed E-state index contributed by atoms with van der Waals surface area (Å²) in [6.07, 6.45) is 7.86. The number of nitrogens with one attached hydrogen (secondary N) is 1. The van der Waals surface area contributed by atoms with Gasteiger partial charge in [-0.2, -0.15) is 17.0 Å². The molecule has 1 aromatic carbocycles. The van der Waals surface area contributed by atoms with Crippen molar-refractivity contribution in [2.75, 3.05) is 36.5 Å². The smallest absolute Gasteiger partial charge is 0.273 e. The van der Waals surface area contributed by atoms with Gasteiger partial charge in [-0.3, -0.25) is 9.36 Å². The zero-order valence-electron chi connectivity index (χ0n) is 24.7. The van der Waals surface area contributed by atoms with E-state index in [2.05, 4.69) is 26.3 Å². The molecule has 0 amide bonds. The van der Waals surface area contributed by atoms with Crippen molar-refractivity contribution in [3.8, 4) is 6.07 Å². The van der Waals surface area contributed by atoms with Crippen LogP contribution < -0.4 is 10.9 Å². The van der Waals surface area contributed by atoms with Gasteiger partial charge in [0.25, 0.3) is 11.5 Å². The number of alkyl halides is 2. The number of nitriles is 1. The van der Waals surface area contributed by atoms with Gasteiger partial charge in [0, 0.05) is 30.6 Å². The van der Waals surface area contributed by atoms with Crippen molar-refractivity contribution < 1.29 is 8.78 Å². The van der Waals surface area contributed by atoms with E-state index in [1.54, 1.807) is 16.7 Å². The molecule has 1 N–H and O–H groups in total. The molecular weight excluding hydrogens is 566 g/mol. The van der Waals surface area contributed by atoms with Crippen LogP contribution in [0, 0.1) is 17.2 Å². The molecule has 0 atom stereocenters. The highest BCUT2D eigenvalue weighted by Gasteiger charge is 2.38. The van der Waals surface area contributed by atoms with E-state index in [-0.39, 0.29) is 17.5 Å². The number of hydrogen-bond donors (Lipinski definition) is 1. The zero-order valence-corrected chi connectivity index (χ0v) is 25.5. The molecule has 4 aliphatic rings. The first-order valence-corrected chi connectivity index (χ1v) is 16.9. The van der Waals surface area contributed by atoms with E-state index in [9.17, 15) is 10.1 Å². The van der Waals surface area contributed by atoms with Gasteiger partial charge in [-0.15, -0.1) is 0 Å². The SMILES string of the molecule is N#CC1(c2cc3c4ncnc3n(c2=O)CCCCCN2CCC(CC2)CCC(F)(F)c2cccc(c2)CN4)CCSCC1. The van der Waals surface area contributed by atoms with Gasteiger partial charge in [0.1, 0.15) is 17.8 Å². The fourth-order valence-electron chi connectivity index (χ4n) is 6.94. The molecule has 2 fully saturated rings. The topological polar surface area (TPSA) is 86.8 Å². The first-order valence-electron chi connectivity index (χ1n) is 15.7. The predicted molar refractivity (Wildman–Crippen MR) is 168 cm³/mol. The lowest BCUT2D eigenvalue weighted by Gasteiger charge is -2.32. The molecule has 0 spiro atoms. The van der Waals surface area contributed by atoms with Crippen LogP contribution >= 0.6 is 11.8 Å². The van der Waals surface area contributed by atoms with E-state index < -0.39 is 11.3 Å². The lowest BCUT2D eigenvalue weighted by molar-refractivity contribution is -0.0217. The van der Waals surface area contributed by atoms with Crippen molar-refractivity contribution >= 4 is 28.6 Å². The van der Waals surface area contributed by atoms with Crippen LogP contribution in [0.2, 0.25) is 0 Å². The third-order valence-electron chi connectivity index (χ3n) is 9.70. The number of halogens is 2. The van der Waals surface area contributed by atoms with Crippen LogP contribution in [-0.4, -0.2) is 50.6 Å². The van der Waals surface area contributed by atoms with Crippen LogP contribution in [0.4, 0.5) is 14.6 Å². The van der Waals surface area contributed by atoms with Gasteiger partial charge in [0.2, 0.25) is 0 Å². The molecule has 10 heteroatoms. The Morgan fingerprint density at radius 1 is 0.977 bits per heavy atom. The van der Waals surface area contributed by atoms with Crippen LogP contribution in [0.25, 0.3) is 11.0 Å². The molecule has 7 nitrogen and oxygen atoms in total. The standard InChI is InChI=1S/C33H40F2N6OS/c34-33(35)10-7-24-8-15-40(16-9-24)13-2-1-3-14-41-30-27(20-28(31(41)42)32(22-36)11-17-43-18-12-32)29(38-23-39-30)37-21-25-5-4-6-26(33)19-25/h4-6,19-20,23-24H,1-3,7-18,21H2,(H,37,38,39). The largest absolute Gasteiger partial charge is 0.365 e. The third-order valence-corrected chi connectivity index (χ3v) is 10.7. The van der Waals surface area contributed by atoms with Gasteiger partial charge in [0.15, 0.2) is 0 Å². The molecule has 2 saturated heterocycles. The number of aryl methyl sites for hydroxylation is 1. The van der Waals surface area contributed by atoms with Crippen molar-refractivity contribution in [2.45, 2.75) is 82.2 Å². The maximum atomic E-state index is 15.4. The number of rotatable bonds is 1. The lowest BCUT2D eigenvalue weighted by Crippen LogP contribution is -2.38. The Morgan fingerprint density at radius 3 is 2.56 bits per heavy atom. The molecule has 8 bridgehead atoms. The van der Waals surface area contributed by atoms with Crippen LogP contribution in [0.5, 0.6) is 0 Å². The Bertz CT molecular complexity index is 1540. The summed E-state index contributed by atoms with van der Waals surface area (Å²) in [6, 6.07) is 11.0. The highest BCUT2D eigenvalue weighted by Crippen LogP contribution is 2.39. The maximum Gasteiger partial charge on any atom is 0.273 e. The summed E-state index contributed by atoms with van der Waals surface area (Å²) in [7, 11) is 0. The summed E-state index contributed by atoms with van der Waals surface area (Å²) in [4.78, 5) is 25.6. The molecule has 6 heterocycles. The summed E-state index contributed by atoms with van der Waals surface area (Å²) in [5.74, 6) is -0.348. The number of anilines is 1. The zero-order chi connectivity index (χ0) is 29.9. The molecule has 4 aliphatic heterocycles. The molecule has 0 radical (unpaired) electrons. The molecule has 0 saturated carbocycles. The second kappa shape index (κ2) is 12.9. The van der Waals surface area contributed by atoms with Gasteiger partial charge >= 0.3 is 0 Å². The molecule has 0 aliphatic carbocycles. The first-order chi connectivity index (χ1) is 20.9. The van der Waals surface area contributed by atoms with Crippen molar-refractivity contribution in [2.24, 2.45) is 5.92 Å². The molecule has 0 unspecified atom stereocenters. The summed E-state index contributed by atoms with van der Waals surface area (Å²) >= 11 is 1.81. The number of fused-ring (bicyclic) bond motifs is 9. The summed E-state index contributed by atoms with van der Waals surface area (Å²) in [5.41, 5.74) is 0.852. The van der Waals surface area contributed by atoms with Gasteiger partial charge in [0.05, 0.1) is 16.9 Å². The Balaban J connectivity index is 1.39. The average Bonchev–Trinajstić information content (AvgIpc) is 3.04. The Hall–Kier alpha value is -3.03. The number of nitrogens with zero attached hydrogens (tertiary/aromatic N) is 5. The first kappa shape index (κ1) is 30.0. The Labute approximate surface area is 256 Å². The molecule has 3 aromatic rings. The van der Waals surface area contributed by atoms with E-state index in [0.29, 0.717) is 60.7 Å². The van der Waals surface area contributed by atoms with Gasteiger partial charge < -0.3 is 10.2 Å². The minimum Gasteiger partial charge on any atom is -0.365 e. The van der Waals surface area contributed by atoms with Crippen molar-refractivity contribution in [3.63, 3.8) is 0 Å². The summed E-state index contributed by atoms with van der Waals surface area (Å²) in [6.45, 7) is 3.71. The molecule has 2 aromatic heterocycles. The van der Waals surface area contributed by atoms with Crippen molar-refractivity contribution in [1.82, 2.24) is 19.4 Å². The number of piperidine rings is 1. The fourth-order valence-corrected chi connectivity index (χ4v) is 8.13. The fraction of sp³-hybridized carbons (Fsp3) is 0.576. The van der Waals surface area contributed by atoms with E-state index in [1.807, 2.05) is 23.9 Å². The van der Waals surface area contributed by atoms with Gasteiger partial charge in [-0.1, -0.05) is 24.6 Å². The quantitative estimate of drug-likeness (QED) is 0.340. The normalized spacial score (nSPS) is 24.5.